The monoisotopic (exact) mass is 424 g/mol. The number of hydrogen-bond donors (Lipinski definition) is 1. The summed E-state index contributed by atoms with van der Waals surface area (Å²) in [6, 6.07) is 14.6. The van der Waals surface area contributed by atoms with Crippen LogP contribution in [-0.2, 0) is 16.0 Å². The third kappa shape index (κ3) is 5.38. The van der Waals surface area contributed by atoms with Gasteiger partial charge in [-0.05, 0) is 49.6 Å². The van der Waals surface area contributed by atoms with Crippen LogP contribution < -0.4 is 14.8 Å². The van der Waals surface area contributed by atoms with Gasteiger partial charge in [-0.3, -0.25) is 9.69 Å². The normalized spacial score (nSPS) is 19.7. The summed E-state index contributed by atoms with van der Waals surface area (Å²) < 4.78 is 17.0. The zero-order valence-corrected chi connectivity index (χ0v) is 18.4. The number of carbonyl (C=O) groups is 1. The lowest BCUT2D eigenvalue weighted by Crippen LogP contribution is -2.45. The van der Waals surface area contributed by atoms with Crippen LogP contribution in [0.1, 0.15) is 29.7 Å². The number of amides is 1. The first kappa shape index (κ1) is 21.7. The molecule has 2 aliphatic heterocycles. The van der Waals surface area contributed by atoms with Gasteiger partial charge in [0, 0.05) is 19.6 Å². The molecule has 6 nitrogen and oxygen atoms in total. The van der Waals surface area contributed by atoms with Gasteiger partial charge in [-0.15, -0.1) is 0 Å². The molecule has 1 fully saturated rings. The largest absolute Gasteiger partial charge is 0.494 e. The molecule has 6 heteroatoms. The molecule has 2 atom stereocenters. The fraction of sp³-hybridized carbons (Fsp3) is 0.480. The van der Waals surface area contributed by atoms with E-state index in [1.165, 1.54) is 11.1 Å². The van der Waals surface area contributed by atoms with Gasteiger partial charge in [0.25, 0.3) is 0 Å². The highest BCUT2D eigenvalue weighted by atomic mass is 16.5. The highest BCUT2D eigenvalue weighted by Gasteiger charge is 2.28. The maximum atomic E-state index is 13.0. The number of benzene rings is 2. The lowest BCUT2D eigenvalue weighted by Gasteiger charge is -2.35. The highest BCUT2D eigenvalue weighted by Crippen LogP contribution is 2.31. The molecule has 0 aliphatic carbocycles. The molecule has 0 spiro atoms. The van der Waals surface area contributed by atoms with Crippen LogP contribution in [0.15, 0.2) is 42.5 Å². The van der Waals surface area contributed by atoms with Crippen molar-refractivity contribution in [1.82, 2.24) is 10.2 Å². The van der Waals surface area contributed by atoms with Gasteiger partial charge in [0.05, 0.1) is 31.8 Å². The molecule has 0 saturated carbocycles. The number of carbonyl (C=O) groups excluding carboxylic acids is 1. The molecule has 0 bridgehead atoms. The van der Waals surface area contributed by atoms with Crippen LogP contribution in [0, 0.1) is 12.8 Å². The Kier molecular flexibility index (Phi) is 7.10. The summed E-state index contributed by atoms with van der Waals surface area (Å²) in [6.45, 7) is 8.84. The highest BCUT2D eigenvalue weighted by molar-refractivity contribution is 5.79. The van der Waals surface area contributed by atoms with E-state index in [1.54, 1.807) is 0 Å². The molecule has 2 aliphatic rings. The summed E-state index contributed by atoms with van der Waals surface area (Å²) in [4.78, 5) is 15.4. The number of hydrogen-bond acceptors (Lipinski definition) is 5. The van der Waals surface area contributed by atoms with Crippen molar-refractivity contribution in [2.24, 2.45) is 5.92 Å². The Morgan fingerprint density at radius 1 is 1.19 bits per heavy atom. The van der Waals surface area contributed by atoms with E-state index in [-0.39, 0.29) is 17.9 Å². The van der Waals surface area contributed by atoms with E-state index in [4.69, 9.17) is 14.2 Å². The standard InChI is InChI=1S/C25H32N2O4/c1-3-30-22-8-9-24-20(15-22)14-21(17-31-24)25(28)26-16-23(27-10-12-29-13-11-27)19-6-4-18(2)5-7-19/h4-9,15,21,23H,3,10-14,16-17H2,1-2H3,(H,26,28). The van der Waals surface area contributed by atoms with Gasteiger partial charge in [-0.25, -0.2) is 0 Å². The zero-order chi connectivity index (χ0) is 21.6. The summed E-state index contributed by atoms with van der Waals surface area (Å²) >= 11 is 0. The van der Waals surface area contributed by atoms with Gasteiger partial charge >= 0.3 is 0 Å². The van der Waals surface area contributed by atoms with Gasteiger partial charge in [-0.2, -0.15) is 0 Å². The van der Waals surface area contributed by atoms with Crippen molar-refractivity contribution >= 4 is 5.91 Å². The van der Waals surface area contributed by atoms with Crippen molar-refractivity contribution in [1.29, 1.82) is 0 Å². The summed E-state index contributed by atoms with van der Waals surface area (Å²) in [7, 11) is 0. The van der Waals surface area contributed by atoms with Crippen LogP contribution in [0.5, 0.6) is 11.5 Å². The Labute approximate surface area is 184 Å². The van der Waals surface area contributed by atoms with Gasteiger partial charge in [-0.1, -0.05) is 29.8 Å². The Bertz CT molecular complexity index is 878. The lowest BCUT2D eigenvalue weighted by molar-refractivity contribution is -0.126. The van der Waals surface area contributed by atoms with Crippen molar-refractivity contribution in [2.75, 3.05) is 46.1 Å². The quantitative estimate of drug-likeness (QED) is 0.740. The average molecular weight is 425 g/mol. The summed E-state index contributed by atoms with van der Waals surface area (Å²) in [5.41, 5.74) is 3.48. The minimum absolute atomic E-state index is 0.0397. The second-order valence-corrected chi connectivity index (χ2v) is 8.23. The number of nitrogens with zero attached hydrogens (tertiary/aromatic N) is 1. The third-order valence-electron chi connectivity index (χ3n) is 6.04. The maximum Gasteiger partial charge on any atom is 0.226 e. The van der Waals surface area contributed by atoms with Crippen molar-refractivity contribution in [3.63, 3.8) is 0 Å². The van der Waals surface area contributed by atoms with Crippen molar-refractivity contribution < 1.29 is 19.0 Å². The molecule has 2 heterocycles. The van der Waals surface area contributed by atoms with Gasteiger partial charge in [0.15, 0.2) is 0 Å². The fourth-order valence-electron chi connectivity index (χ4n) is 4.27. The molecular formula is C25H32N2O4. The molecule has 2 aromatic rings. The van der Waals surface area contributed by atoms with Crippen molar-refractivity contribution in [2.45, 2.75) is 26.3 Å². The lowest BCUT2D eigenvalue weighted by atomic mass is 9.95. The molecule has 0 aromatic heterocycles. The minimum atomic E-state index is -0.201. The zero-order valence-electron chi connectivity index (χ0n) is 18.4. The molecule has 1 N–H and O–H groups in total. The van der Waals surface area contributed by atoms with E-state index in [9.17, 15) is 4.79 Å². The van der Waals surface area contributed by atoms with E-state index in [0.29, 0.717) is 26.2 Å². The number of nitrogens with one attached hydrogen (secondary N) is 1. The van der Waals surface area contributed by atoms with E-state index in [0.717, 1.165) is 43.4 Å². The molecular weight excluding hydrogens is 392 g/mol. The number of rotatable bonds is 7. The van der Waals surface area contributed by atoms with Gasteiger partial charge < -0.3 is 19.5 Å². The predicted molar refractivity (Wildman–Crippen MR) is 120 cm³/mol. The van der Waals surface area contributed by atoms with Gasteiger partial charge in [0.2, 0.25) is 5.91 Å². The molecule has 1 amide bonds. The van der Waals surface area contributed by atoms with Crippen molar-refractivity contribution in [3.05, 3.63) is 59.2 Å². The second kappa shape index (κ2) is 10.2. The van der Waals surface area contributed by atoms with E-state index in [2.05, 4.69) is 41.4 Å². The number of morpholine rings is 1. The summed E-state index contributed by atoms with van der Waals surface area (Å²) in [5, 5.41) is 3.20. The van der Waals surface area contributed by atoms with Crippen LogP contribution in [0.3, 0.4) is 0 Å². The van der Waals surface area contributed by atoms with Crippen LogP contribution >= 0.6 is 0 Å². The Morgan fingerprint density at radius 2 is 1.97 bits per heavy atom. The first-order valence-corrected chi connectivity index (χ1v) is 11.2. The summed E-state index contributed by atoms with van der Waals surface area (Å²) in [6.07, 6.45) is 0.662. The van der Waals surface area contributed by atoms with Crippen molar-refractivity contribution in [3.8, 4) is 11.5 Å². The number of fused-ring (bicyclic) bond motifs is 1. The molecule has 2 aromatic carbocycles. The van der Waals surface area contributed by atoms with E-state index in [1.807, 2.05) is 25.1 Å². The van der Waals surface area contributed by atoms with Gasteiger partial charge in [0.1, 0.15) is 18.1 Å². The third-order valence-corrected chi connectivity index (χ3v) is 6.04. The molecule has 4 rings (SSSR count). The molecule has 31 heavy (non-hydrogen) atoms. The maximum absolute atomic E-state index is 13.0. The average Bonchev–Trinajstić information content (AvgIpc) is 2.80. The first-order chi connectivity index (χ1) is 15.1. The van der Waals surface area contributed by atoms with Crippen LogP contribution in [0.25, 0.3) is 0 Å². The smallest absolute Gasteiger partial charge is 0.226 e. The minimum Gasteiger partial charge on any atom is -0.494 e. The summed E-state index contributed by atoms with van der Waals surface area (Å²) in [5.74, 6) is 1.50. The molecule has 0 radical (unpaired) electrons. The Morgan fingerprint density at radius 3 is 2.71 bits per heavy atom. The number of ether oxygens (including phenoxy) is 3. The second-order valence-electron chi connectivity index (χ2n) is 8.23. The molecule has 1 saturated heterocycles. The molecule has 2 unspecified atom stereocenters. The van der Waals surface area contributed by atoms with E-state index >= 15 is 0 Å². The predicted octanol–water partition coefficient (Wildman–Crippen LogP) is 3.13. The SMILES string of the molecule is CCOc1ccc2c(c1)CC(C(=O)NCC(c1ccc(C)cc1)N1CCOCC1)CO2. The van der Waals surface area contributed by atoms with Crippen LogP contribution in [0.2, 0.25) is 0 Å². The molecule has 166 valence electrons. The first-order valence-electron chi connectivity index (χ1n) is 11.2. The number of aryl methyl sites for hydroxylation is 1. The van der Waals surface area contributed by atoms with Crippen LogP contribution in [0.4, 0.5) is 0 Å². The van der Waals surface area contributed by atoms with Crippen LogP contribution in [-0.4, -0.2) is 56.9 Å². The van der Waals surface area contributed by atoms with E-state index < -0.39 is 0 Å². The topological polar surface area (TPSA) is 60.0 Å². The Balaban J connectivity index is 1.41. The Hall–Kier alpha value is -2.57. The fourth-order valence-corrected chi connectivity index (χ4v) is 4.27.